The summed E-state index contributed by atoms with van der Waals surface area (Å²) in [6.07, 6.45) is 0. The molecule has 0 aliphatic heterocycles. The van der Waals surface area contributed by atoms with Gasteiger partial charge in [-0.15, -0.1) is 0 Å². The maximum atomic E-state index is 11.3. The van der Waals surface area contributed by atoms with Crippen molar-refractivity contribution in [1.82, 2.24) is 0 Å². The molecular formula is C17H12O3. The second kappa shape index (κ2) is 4.70. The van der Waals surface area contributed by atoms with Crippen LogP contribution in [0, 0.1) is 0 Å². The molecule has 0 radical (unpaired) electrons. The zero-order valence-electron chi connectivity index (χ0n) is 10.6. The van der Waals surface area contributed by atoms with Crippen LogP contribution in [0.5, 0.6) is 5.75 Å². The Morgan fingerprint density at radius 2 is 1.45 bits per heavy atom. The molecule has 3 aromatic rings. The Morgan fingerprint density at radius 1 is 0.850 bits per heavy atom. The van der Waals surface area contributed by atoms with Crippen LogP contribution in [-0.2, 0) is 0 Å². The first-order chi connectivity index (χ1) is 9.68. The Balaban J connectivity index is 2.42. The topological polar surface area (TPSA) is 57.5 Å². The number of carboxylic acid groups (broad SMARTS) is 1. The van der Waals surface area contributed by atoms with Gasteiger partial charge in [0, 0.05) is 5.39 Å². The highest BCUT2D eigenvalue weighted by Gasteiger charge is 2.16. The molecule has 0 saturated carbocycles. The summed E-state index contributed by atoms with van der Waals surface area (Å²) in [7, 11) is 0. The third-order valence-electron chi connectivity index (χ3n) is 3.33. The number of carbonyl (C=O) groups is 1. The number of rotatable bonds is 2. The van der Waals surface area contributed by atoms with Gasteiger partial charge in [0.25, 0.3) is 0 Å². The van der Waals surface area contributed by atoms with Gasteiger partial charge in [-0.05, 0) is 22.6 Å². The van der Waals surface area contributed by atoms with E-state index in [0.717, 1.165) is 16.5 Å². The van der Waals surface area contributed by atoms with Crippen molar-refractivity contribution in [2.75, 3.05) is 0 Å². The lowest BCUT2D eigenvalue weighted by Gasteiger charge is -2.11. The van der Waals surface area contributed by atoms with E-state index in [4.69, 9.17) is 0 Å². The van der Waals surface area contributed by atoms with Gasteiger partial charge in [0.2, 0.25) is 0 Å². The lowest BCUT2D eigenvalue weighted by atomic mass is 9.95. The van der Waals surface area contributed by atoms with Gasteiger partial charge in [0.1, 0.15) is 11.3 Å². The van der Waals surface area contributed by atoms with Crippen LogP contribution in [0.4, 0.5) is 0 Å². The molecule has 0 aliphatic rings. The smallest absolute Gasteiger partial charge is 0.339 e. The molecule has 0 heterocycles. The summed E-state index contributed by atoms with van der Waals surface area (Å²) < 4.78 is 0. The molecule has 0 amide bonds. The molecule has 2 N–H and O–H groups in total. The standard InChI is InChI=1S/C17H12O3/c18-16-13-9-5-4-8-12(13)14(10-15(16)17(19)20)11-6-2-1-3-7-11/h1-10,18H,(H,19,20). The van der Waals surface area contributed by atoms with E-state index < -0.39 is 5.97 Å². The lowest BCUT2D eigenvalue weighted by Crippen LogP contribution is -1.98. The van der Waals surface area contributed by atoms with Crippen LogP contribution in [0.15, 0.2) is 60.7 Å². The van der Waals surface area contributed by atoms with Crippen molar-refractivity contribution in [1.29, 1.82) is 0 Å². The third kappa shape index (κ3) is 1.89. The Morgan fingerprint density at radius 3 is 2.10 bits per heavy atom. The quantitative estimate of drug-likeness (QED) is 0.737. The van der Waals surface area contributed by atoms with Crippen LogP contribution in [-0.4, -0.2) is 16.2 Å². The summed E-state index contributed by atoms with van der Waals surface area (Å²) in [4.78, 5) is 11.3. The molecule has 20 heavy (non-hydrogen) atoms. The Hall–Kier alpha value is -2.81. The largest absolute Gasteiger partial charge is 0.506 e. The summed E-state index contributed by atoms with van der Waals surface area (Å²) >= 11 is 0. The highest BCUT2D eigenvalue weighted by atomic mass is 16.4. The number of hydrogen-bond acceptors (Lipinski definition) is 2. The third-order valence-corrected chi connectivity index (χ3v) is 3.33. The highest BCUT2D eigenvalue weighted by Crippen LogP contribution is 2.36. The van der Waals surface area contributed by atoms with Crippen molar-refractivity contribution >= 4 is 16.7 Å². The van der Waals surface area contributed by atoms with Crippen LogP contribution in [0.2, 0.25) is 0 Å². The van der Waals surface area contributed by atoms with Crippen LogP contribution < -0.4 is 0 Å². The average molecular weight is 264 g/mol. The van der Waals surface area contributed by atoms with Gasteiger partial charge in [-0.3, -0.25) is 0 Å². The Kier molecular flexibility index (Phi) is 2.88. The van der Waals surface area contributed by atoms with Crippen molar-refractivity contribution in [3.05, 3.63) is 66.2 Å². The number of phenols is 1. The maximum absolute atomic E-state index is 11.3. The molecule has 3 rings (SSSR count). The minimum atomic E-state index is -1.13. The molecule has 98 valence electrons. The summed E-state index contributed by atoms with van der Waals surface area (Å²) in [5, 5.41) is 20.7. The first kappa shape index (κ1) is 12.2. The highest BCUT2D eigenvalue weighted by molar-refractivity contribution is 6.07. The van der Waals surface area contributed by atoms with Crippen molar-refractivity contribution < 1.29 is 15.0 Å². The Bertz CT molecular complexity index is 792. The SMILES string of the molecule is O=C(O)c1cc(-c2ccccc2)c2ccccc2c1O. The van der Waals surface area contributed by atoms with E-state index in [1.807, 2.05) is 42.5 Å². The number of aromatic hydroxyl groups is 1. The minimum Gasteiger partial charge on any atom is -0.506 e. The first-order valence-corrected chi connectivity index (χ1v) is 6.22. The molecule has 0 unspecified atom stereocenters. The number of hydrogen-bond donors (Lipinski definition) is 2. The molecule has 3 heteroatoms. The van der Waals surface area contributed by atoms with E-state index in [2.05, 4.69) is 0 Å². The fourth-order valence-electron chi connectivity index (χ4n) is 2.38. The number of benzene rings is 3. The van der Waals surface area contributed by atoms with E-state index in [-0.39, 0.29) is 11.3 Å². The number of carboxylic acids is 1. The van der Waals surface area contributed by atoms with Gasteiger partial charge >= 0.3 is 5.97 Å². The van der Waals surface area contributed by atoms with Crippen LogP contribution >= 0.6 is 0 Å². The number of aromatic carboxylic acids is 1. The fraction of sp³-hybridized carbons (Fsp3) is 0. The van der Waals surface area contributed by atoms with Gasteiger partial charge in [0.05, 0.1) is 0 Å². The zero-order chi connectivity index (χ0) is 14.1. The lowest BCUT2D eigenvalue weighted by molar-refractivity contribution is 0.0694. The molecule has 3 nitrogen and oxygen atoms in total. The molecule has 0 bridgehead atoms. The van der Waals surface area contributed by atoms with Gasteiger partial charge in [0.15, 0.2) is 0 Å². The summed E-state index contributed by atoms with van der Waals surface area (Å²) in [6.45, 7) is 0. The van der Waals surface area contributed by atoms with Crippen LogP contribution in [0.1, 0.15) is 10.4 Å². The summed E-state index contributed by atoms with van der Waals surface area (Å²) in [5.74, 6) is -1.32. The molecule has 3 aromatic carbocycles. The van der Waals surface area contributed by atoms with Gasteiger partial charge < -0.3 is 10.2 Å². The predicted molar refractivity (Wildman–Crippen MR) is 78.0 cm³/mol. The molecule has 0 saturated heterocycles. The minimum absolute atomic E-state index is 0.0810. The van der Waals surface area contributed by atoms with E-state index in [9.17, 15) is 15.0 Å². The normalized spacial score (nSPS) is 10.6. The fourth-order valence-corrected chi connectivity index (χ4v) is 2.38. The maximum Gasteiger partial charge on any atom is 0.339 e. The molecule has 0 atom stereocenters. The average Bonchev–Trinajstić information content (AvgIpc) is 2.48. The van der Waals surface area contributed by atoms with Crippen molar-refractivity contribution in [3.8, 4) is 16.9 Å². The van der Waals surface area contributed by atoms with Gasteiger partial charge in [-0.25, -0.2) is 4.79 Å². The second-order valence-electron chi connectivity index (χ2n) is 4.54. The first-order valence-electron chi connectivity index (χ1n) is 6.22. The summed E-state index contributed by atoms with van der Waals surface area (Å²) in [5.41, 5.74) is 1.64. The van der Waals surface area contributed by atoms with E-state index in [1.165, 1.54) is 6.07 Å². The molecular weight excluding hydrogens is 252 g/mol. The molecule has 0 spiro atoms. The zero-order valence-corrected chi connectivity index (χ0v) is 10.6. The Labute approximate surface area is 115 Å². The van der Waals surface area contributed by atoms with Crippen LogP contribution in [0.3, 0.4) is 0 Å². The van der Waals surface area contributed by atoms with Crippen LogP contribution in [0.25, 0.3) is 21.9 Å². The number of fused-ring (bicyclic) bond motifs is 1. The van der Waals surface area contributed by atoms with Gasteiger partial charge in [-0.2, -0.15) is 0 Å². The van der Waals surface area contributed by atoms with Crippen molar-refractivity contribution in [2.45, 2.75) is 0 Å². The predicted octanol–water partition coefficient (Wildman–Crippen LogP) is 3.91. The van der Waals surface area contributed by atoms with Crippen molar-refractivity contribution in [2.24, 2.45) is 0 Å². The molecule has 0 aliphatic carbocycles. The monoisotopic (exact) mass is 264 g/mol. The molecule has 0 aromatic heterocycles. The van der Waals surface area contributed by atoms with E-state index in [0.29, 0.717) is 5.39 Å². The van der Waals surface area contributed by atoms with E-state index in [1.54, 1.807) is 12.1 Å². The van der Waals surface area contributed by atoms with E-state index >= 15 is 0 Å². The second-order valence-corrected chi connectivity index (χ2v) is 4.54. The van der Waals surface area contributed by atoms with Crippen molar-refractivity contribution in [3.63, 3.8) is 0 Å². The summed E-state index contributed by atoms with van der Waals surface area (Å²) in [6, 6.07) is 18.3. The molecule has 0 fully saturated rings. The van der Waals surface area contributed by atoms with Gasteiger partial charge in [-0.1, -0.05) is 54.6 Å².